The molecule has 13 heteroatoms. The molecule has 0 radical (unpaired) electrons. The second-order valence-electron chi connectivity index (χ2n) is 8.79. The number of amides is 1. The lowest BCUT2D eigenvalue weighted by Gasteiger charge is -2.18. The van der Waals surface area contributed by atoms with Crippen LogP contribution >= 0.6 is 0 Å². The predicted octanol–water partition coefficient (Wildman–Crippen LogP) is 1.84. The molecule has 1 aromatic carbocycles. The van der Waals surface area contributed by atoms with Crippen LogP contribution in [0.1, 0.15) is 24.5 Å². The summed E-state index contributed by atoms with van der Waals surface area (Å²) in [6.07, 6.45) is 2.75. The number of esters is 1. The average Bonchev–Trinajstić information content (AvgIpc) is 3.46. The maximum absolute atomic E-state index is 12.9. The summed E-state index contributed by atoms with van der Waals surface area (Å²) in [5, 5.41) is 3.92. The molecular formula is C24H28N6O6S. The highest BCUT2D eigenvalue weighted by Crippen LogP contribution is 2.30. The highest BCUT2D eigenvalue weighted by Gasteiger charge is 2.29. The molecule has 1 aliphatic rings. The zero-order valence-corrected chi connectivity index (χ0v) is 21.8. The van der Waals surface area contributed by atoms with Crippen LogP contribution in [0.3, 0.4) is 0 Å². The van der Waals surface area contributed by atoms with E-state index in [0.29, 0.717) is 18.7 Å². The van der Waals surface area contributed by atoms with Gasteiger partial charge in [0.15, 0.2) is 6.61 Å². The second kappa shape index (κ2) is 10.5. The van der Waals surface area contributed by atoms with Crippen molar-refractivity contribution < 1.29 is 27.5 Å². The molecule has 196 valence electrons. The van der Waals surface area contributed by atoms with Crippen LogP contribution in [0.15, 0.2) is 41.6 Å². The van der Waals surface area contributed by atoms with E-state index in [1.165, 1.54) is 24.0 Å². The fourth-order valence-corrected chi connectivity index (χ4v) is 5.00. The van der Waals surface area contributed by atoms with Crippen LogP contribution in [0, 0.1) is 13.8 Å². The Hall–Kier alpha value is -4.00. The van der Waals surface area contributed by atoms with Gasteiger partial charge < -0.3 is 14.4 Å². The van der Waals surface area contributed by atoms with Gasteiger partial charge in [-0.1, -0.05) is 18.2 Å². The van der Waals surface area contributed by atoms with Crippen molar-refractivity contribution in [3.05, 3.63) is 47.8 Å². The number of nitrogens with one attached hydrogen (secondary N) is 1. The van der Waals surface area contributed by atoms with Crippen LogP contribution in [-0.2, 0) is 31.4 Å². The Morgan fingerprint density at radius 1 is 1.19 bits per heavy atom. The number of aromatic nitrogens is 4. The number of sulfonamides is 1. The third-order valence-corrected chi connectivity index (χ3v) is 7.12. The lowest BCUT2D eigenvalue weighted by molar-refractivity contribution is -0.149. The third-order valence-electron chi connectivity index (χ3n) is 5.84. The van der Waals surface area contributed by atoms with Crippen molar-refractivity contribution in [2.45, 2.75) is 38.2 Å². The second-order valence-corrected chi connectivity index (χ2v) is 10.5. The van der Waals surface area contributed by atoms with E-state index < -0.39 is 16.0 Å². The summed E-state index contributed by atoms with van der Waals surface area (Å²) in [7, 11) is -2.38. The smallest absolute Gasteiger partial charge is 0.303 e. The van der Waals surface area contributed by atoms with E-state index in [2.05, 4.69) is 19.8 Å². The fraction of sp³-hybridized carbons (Fsp3) is 0.375. The molecule has 0 aliphatic carbocycles. The number of benzene rings is 1. The van der Waals surface area contributed by atoms with Gasteiger partial charge in [-0.15, -0.1) is 0 Å². The highest BCUT2D eigenvalue weighted by molar-refractivity contribution is 7.92. The number of hydrogen-bond acceptors (Lipinski definition) is 9. The lowest BCUT2D eigenvalue weighted by Crippen LogP contribution is -2.34. The SMILES string of the molecule is CC(=O)OCC(=O)N1CCC(Oc2cc(-c3c(C)cccc3C)nc(NS(=O)(=O)c3cnn(C)c3)n2)C1. The number of carbonyl (C=O) groups is 2. The number of anilines is 1. The third kappa shape index (κ3) is 6.23. The lowest BCUT2D eigenvalue weighted by atomic mass is 10.00. The highest BCUT2D eigenvalue weighted by atomic mass is 32.2. The van der Waals surface area contributed by atoms with Gasteiger partial charge in [0.2, 0.25) is 11.8 Å². The van der Waals surface area contributed by atoms with Gasteiger partial charge in [0.1, 0.15) is 11.0 Å². The molecule has 2 aromatic heterocycles. The number of rotatable bonds is 8. The van der Waals surface area contributed by atoms with Crippen molar-refractivity contribution in [1.82, 2.24) is 24.6 Å². The molecule has 37 heavy (non-hydrogen) atoms. The molecule has 1 amide bonds. The van der Waals surface area contributed by atoms with Gasteiger partial charge in [-0.2, -0.15) is 10.1 Å². The summed E-state index contributed by atoms with van der Waals surface area (Å²) in [5.74, 6) is -0.831. The molecule has 4 rings (SSSR count). The largest absolute Gasteiger partial charge is 0.472 e. The Morgan fingerprint density at radius 3 is 2.57 bits per heavy atom. The quantitative estimate of drug-likeness (QED) is 0.433. The zero-order valence-electron chi connectivity index (χ0n) is 21.0. The number of carbonyl (C=O) groups excluding carboxylic acids is 2. The zero-order chi connectivity index (χ0) is 26.7. The summed E-state index contributed by atoms with van der Waals surface area (Å²) in [6, 6.07) is 7.46. The van der Waals surface area contributed by atoms with Gasteiger partial charge in [-0.25, -0.2) is 18.1 Å². The van der Waals surface area contributed by atoms with E-state index in [1.807, 2.05) is 32.0 Å². The normalized spacial score (nSPS) is 15.5. The maximum atomic E-state index is 12.9. The van der Waals surface area contributed by atoms with Crippen LogP contribution in [0.4, 0.5) is 5.95 Å². The van der Waals surface area contributed by atoms with Crippen molar-refractivity contribution in [3.8, 4) is 17.1 Å². The van der Waals surface area contributed by atoms with Crippen LogP contribution < -0.4 is 9.46 Å². The van der Waals surface area contributed by atoms with Gasteiger partial charge in [0.25, 0.3) is 15.9 Å². The van der Waals surface area contributed by atoms with E-state index in [1.54, 1.807) is 18.0 Å². The Morgan fingerprint density at radius 2 is 1.92 bits per heavy atom. The molecule has 3 aromatic rings. The first-order valence-corrected chi connectivity index (χ1v) is 13.0. The van der Waals surface area contributed by atoms with E-state index in [0.717, 1.165) is 16.7 Å². The van der Waals surface area contributed by atoms with E-state index in [9.17, 15) is 18.0 Å². The van der Waals surface area contributed by atoms with Crippen molar-refractivity contribution in [2.75, 3.05) is 24.4 Å². The van der Waals surface area contributed by atoms with Gasteiger partial charge in [-0.05, 0) is 25.0 Å². The van der Waals surface area contributed by atoms with E-state index >= 15 is 0 Å². The molecular weight excluding hydrogens is 500 g/mol. The molecule has 1 unspecified atom stereocenters. The Balaban J connectivity index is 1.62. The first-order chi connectivity index (χ1) is 17.5. The molecule has 1 saturated heterocycles. The summed E-state index contributed by atoms with van der Waals surface area (Å²) in [6.45, 7) is 5.50. The predicted molar refractivity (Wildman–Crippen MR) is 133 cm³/mol. The van der Waals surface area contributed by atoms with E-state index in [4.69, 9.17) is 9.47 Å². The minimum atomic E-state index is -4.00. The molecule has 0 saturated carbocycles. The van der Waals surface area contributed by atoms with E-state index in [-0.39, 0.29) is 41.9 Å². The van der Waals surface area contributed by atoms with Crippen LogP contribution in [0.25, 0.3) is 11.3 Å². The van der Waals surface area contributed by atoms with Crippen molar-refractivity contribution in [2.24, 2.45) is 7.05 Å². The maximum Gasteiger partial charge on any atom is 0.303 e. The van der Waals surface area contributed by atoms with Gasteiger partial charge in [0, 0.05) is 44.8 Å². The fourth-order valence-electron chi connectivity index (χ4n) is 4.07. The van der Waals surface area contributed by atoms with Crippen molar-refractivity contribution in [3.63, 3.8) is 0 Å². The molecule has 1 N–H and O–H groups in total. The first-order valence-electron chi connectivity index (χ1n) is 11.6. The van der Waals surface area contributed by atoms with Gasteiger partial charge in [-0.3, -0.25) is 14.3 Å². The monoisotopic (exact) mass is 528 g/mol. The van der Waals surface area contributed by atoms with Crippen molar-refractivity contribution in [1.29, 1.82) is 0 Å². The van der Waals surface area contributed by atoms with Crippen molar-refractivity contribution >= 4 is 27.8 Å². The van der Waals surface area contributed by atoms with Crippen LogP contribution in [-0.4, -0.2) is 70.7 Å². The van der Waals surface area contributed by atoms with Crippen LogP contribution in [0.5, 0.6) is 5.88 Å². The molecule has 1 aliphatic heterocycles. The number of likely N-dealkylation sites (tertiary alicyclic amines) is 1. The Labute approximate surface area is 214 Å². The summed E-state index contributed by atoms with van der Waals surface area (Å²) in [4.78, 5) is 33.6. The number of nitrogens with zero attached hydrogens (tertiary/aromatic N) is 5. The number of hydrogen-bond donors (Lipinski definition) is 1. The minimum absolute atomic E-state index is 0.0312. The molecule has 0 bridgehead atoms. The Kier molecular flexibility index (Phi) is 7.43. The minimum Gasteiger partial charge on any atom is -0.472 e. The summed E-state index contributed by atoms with van der Waals surface area (Å²) >= 11 is 0. The molecule has 12 nitrogen and oxygen atoms in total. The van der Waals surface area contributed by atoms with Gasteiger partial charge in [0.05, 0.1) is 18.4 Å². The average molecular weight is 529 g/mol. The Bertz CT molecular complexity index is 1420. The van der Waals surface area contributed by atoms with Gasteiger partial charge >= 0.3 is 5.97 Å². The number of aryl methyl sites for hydroxylation is 3. The summed E-state index contributed by atoms with van der Waals surface area (Å²) in [5.41, 5.74) is 3.23. The standard InChI is InChI=1S/C24H28N6O6S/c1-15-6-5-7-16(2)23(15)20-10-21(36-18-8-9-30(12-18)22(32)14-35-17(3)31)27-24(26-20)28-37(33,34)19-11-25-29(4)13-19/h5-7,10-11,13,18H,8-9,12,14H2,1-4H3,(H,26,27,28). The molecule has 1 atom stereocenters. The molecule has 1 fully saturated rings. The topological polar surface area (TPSA) is 146 Å². The number of ether oxygens (including phenoxy) is 2. The van der Waals surface area contributed by atoms with Crippen LogP contribution in [0.2, 0.25) is 0 Å². The first kappa shape index (κ1) is 26.1. The molecule has 0 spiro atoms. The summed E-state index contributed by atoms with van der Waals surface area (Å²) < 4.78 is 40.5. The molecule has 3 heterocycles.